The smallest absolute Gasteiger partial charge is 0.337 e. The third-order valence-corrected chi connectivity index (χ3v) is 6.03. The van der Waals surface area contributed by atoms with Gasteiger partial charge in [-0.05, 0) is 48.4 Å². The Balaban J connectivity index is 2.01. The van der Waals surface area contributed by atoms with Crippen LogP contribution < -0.4 is 19.7 Å². The molecule has 212 valence electrons. The molecule has 0 aliphatic rings. The van der Waals surface area contributed by atoms with Crippen LogP contribution in [0.3, 0.4) is 0 Å². The molecule has 39 heavy (non-hydrogen) atoms. The third kappa shape index (κ3) is 9.64. The Kier molecular flexibility index (Phi) is 12.8. The maximum absolute atomic E-state index is 12.6. The molecule has 0 aliphatic heterocycles. The summed E-state index contributed by atoms with van der Waals surface area (Å²) in [5.41, 5.74) is 0.827. The summed E-state index contributed by atoms with van der Waals surface area (Å²) in [5.74, 6) is -1.92. The van der Waals surface area contributed by atoms with Crippen molar-refractivity contribution in [2.45, 2.75) is 45.4 Å². The third-order valence-electron chi connectivity index (χ3n) is 6.03. The molecular weight excluding hydrogens is 504 g/mol. The van der Waals surface area contributed by atoms with Crippen LogP contribution in [0.2, 0.25) is 0 Å². The first-order chi connectivity index (χ1) is 18.7. The van der Waals surface area contributed by atoms with Crippen molar-refractivity contribution in [1.29, 1.82) is 0 Å². The molecule has 0 atom stereocenters. The van der Waals surface area contributed by atoms with E-state index < -0.39 is 11.9 Å². The molecule has 3 N–H and O–H groups in total. The summed E-state index contributed by atoms with van der Waals surface area (Å²) in [6.07, 6.45) is 9.41. The van der Waals surface area contributed by atoms with Gasteiger partial charge in [-0.3, -0.25) is 9.59 Å². The highest BCUT2D eigenvalue weighted by Gasteiger charge is 2.19. The summed E-state index contributed by atoms with van der Waals surface area (Å²) in [4.78, 5) is 38.2. The van der Waals surface area contributed by atoms with Crippen LogP contribution in [0.5, 0.6) is 17.2 Å². The minimum absolute atomic E-state index is 0.142. The number of nitrogens with zero attached hydrogens (tertiary/aromatic N) is 1. The average molecular weight is 543 g/mol. The number of ether oxygens (including phenoxy) is 3. The number of hydrogen-bond acceptors (Lipinski definition) is 7. The maximum atomic E-state index is 12.6. The first kappa shape index (κ1) is 31.2. The van der Waals surface area contributed by atoms with Gasteiger partial charge in [-0.25, -0.2) is 4.79 Å². The van der Waals surface area contributed by atoms with Crippen LogP contribution in [0.25, 0.3) is 6.08 Å². The molecule has 0 aromatic heterocycles. The number of carbonyl (C=O) groups excluding carboxylic acids is 2. The number of amides is 2. The number of methoxy groups -OCH3 is 2. The number of carboxylic acids is 1. The lowest BCUT2D eigenvalue weighted by Crippen LogP contribution is -2.31. The minimum Gasteiger partial charge on any atom is -0.502 e. The van der Waals surface area contributed by atoms with Crippen LogP contribution in [0.4, 0.5) is 11.4 Å². The molecular formula is C29H38N2O8. The van der Waals surface area contributed by atoms with Gasteiger partial charge in [0.25, 0.3) is 5.91 Å². The van der Waals surface area contributed by atoms with Crippen LogP contribution in [0.15, 0.2) is 36.4 Å². The number of unbranched alkanes of at least 4 members (excludes halogenated alkanes) is 5. The Hall–Kier alpha value is -4.05. The number of hydrogen-bond donors (Lipinski definition) is 3. The second-order valence-electron chi connectivity index (χ2n) is 8.91. The number of anilines is 2. The molecule has 0 unspecified atom stereocenters. The topological polar surface area (TPSA) is 135 Å². The predicted octanol–water partition coefficient (Wildman–Crippen LogP) is 5.10. The molecule has 2 amide bonds. The van der Waals surface area contributed by atoms with Crippen molar-refractivity contribution in [2.24, 2.45) is 0 Å². The number of phenols is 1. The lowest BCUT2D eigenvalue weighted by atomic mass is 10.1. The SMILES string of the molecule is CCCCCCCCOCC(=O)N(C)c1ccc(NC(=O)C=Cc2cc(OC)c(O)c(OC)c2)cc1C(=O)O. The average Bonchev–Trinajstić information content (AvgIpc) is 2.93. The summed E-state index contributed by atoms with van der Waals surface area (Å²) in [7, 11) is 4.28. The lowest BCUT2D eigenvalue weighted by molar-refractivity contribution is -0.122. The Bertz CT molecular complexity index is 1140. The molecule has 0 spiro atoms. The van der Waals surface area contributed by atoms with Crippen molar-refractivity contribution < 1.29 is 38.8 Å². The van der Waals surface area contributed by atoms with E-state index in [2.05, 4.69) is 12.2 Å². The maximum Gasteiger partial charge on any atom is 0.337 e. The lowest BCUT2D eigenvalue weighted by Gasteiger charge is -2.20. The summed E-state index contributed by atoms with van der Waals surface area (Å²) < 4.78 is 15.7. The number of carboxylic acid groups (broad SMARTS) is 1. The molecule has 2 rings (SSSR count). The number of rotatable bonds is 16. The highest BCUT2D eigenvalue weighted by atomic mass is 16.5. The van der Waals surface area contributed by atoms with Crippen LogP contribution in [0, 0.1) is 0 Å². The van der Waals surface area contributed by atoms with E-state index >= 15 is 0 Å². The van der Waals surface area contributed by atoms with E-state index in [1.54, 1.807) is 0 Å². The fraction of sp³-hybridized carbons (Fsp3) is 0.414. The fourth-order valence-electron chi connectivity index (χ4n) is 3.82. The monoisotopic (exact) mass is 542 g/mol. The quantitative estimate of drug-likeness (QED) is 0.197. The Morgan fingerprint density at radius 3 is 2.23 bits per heavy atom. The first-order valence-electron chi connectivity index (χ1n) is 12.9. The number of benzene rings is 2. The standard InChI is InChI=1S/C29H38N2O8/c1-5-6-7-8-9-10-15-39-19-27(33)31(2)23-13-12-21(18-22(23)29(35)36)30-26(32)14-11-20-16-24(37-3)28(34)25(17-20)38-4/h11-14,16-18,34H,5-10,15,19H2,1-4H3,(H,30,32)(H,35,36). The van der Waals surface area contributed by atoms with Crippen molar-refractivity contribution in [1.82, 2.24) is 0 Å². The molecule has 10 heteroatoms. The summed E-state index contributed by atoms with van der Waals surface area (Å²) in [5, 5.41) is 22.3. The normalized spacial score (nSPS) is 10.9. The first-order valence-corrected chi connectivity index (χ1v) is 12.9. The number of phenolic OH excluding ortho intramolecular Hbond substituents is 1. The molecule has 0 heterocycles. The zero-order valence-corrected chi connectivity index (χ0v) is 23.0. The second-order valence-corrected chi connectivity index (χ2v) is 8.91. The summed E-state index contributed by atoms with van der Waals surface area (Å²) in [6.45, 7) is 2.49. The van der Waals surface area contributed by atoms with Gasteiger partial charge in [0.05, 0.1) is 25.5 Å². The van der Waals surface area contributed by atoms with Gasteiger partial charge in [0.15, 0.2) is 11.5 Å². The number of likely N-dealkylation sites (N-methyl/N-ethyl adjacent to an activating group) is 1. The van der Waals surface area contributed by atoms with Crippen LogP contribution in [-0.2, 0) is 14.3 Å². The molecule has 10 nitrogen and oxygen atoms in total. The summed E-state index contributed by atoms with van der Waals surface area (Å²) >= 11 is 0. The summed E-state index contributed by atoms with van der Waals surface area (Å²) in [6, 6.07) is 7.33. The van der Waals surface area contributed by atoms with Crippen LogP contribution in [0.1, 0.15) is 61.4 Å². The van der Waals surface area contributed by atoms with Crippen molar-refractivity contribution in [3.05, 3.63) is 47.5 Å². The molecule has 0 fully saturated rings. The van der Waals surface area contributed by atoms with Gasteiger partial charge in [0.1, 0.15) is 6.61 Å². The van der Waals surface area contributed by atoms with Crippen molar-refractivity contribution >= 4 is 35.2 Å². The largest absolute Gasteiger partial charge is 0.502 e. The highest BCUT2D eigenvalue weighted by Crippen LogP contribution is 2.37. The molecule has 0 aliphatic carbocycles. The van der Waals surface area contributed by atoms with E-state index in [1.807, 2.05) is 0 Å². The van der Waals surface area contributed by atoms with E-state index in [1.165, 1.54) is 87.9 Å². The molecule has 0 saturated carbocycles. The van der Waals surface area contributed by atoms with E-state index in [4.69, 9.17) is 14.2 Å². The Labute approximate surface area is 229 Å². The van der Waals surface area contributed by atoms with Gasteiger partial charge in [-0.2, -0.15) is 0 Å². The molecule has 2 aromatic carbocycles. The van der Waals surface area contributed by atoms with Crippen LogP contribution >= 0.6 is 0 Å². The molecule has 2 aromatic rings. The van der Waals surface area contributed by atoms with E-state index in [9.17, 15) is 24.6 Å². The zero-order chi connectivity index (χ0) is 28.8. The highest BCUT2D eigenvalue weighted by molar-refractivity contribution is 6.05. The van der Waals surface area contributed by atoms with Gasteiger partial charge in [0, 0.05) is 25.4 Å². The van der Waals surface area contributed by atoms with E-state index in [0.29, 0.717) is 12.2 Å². The van der Waals surface area contributed by atoms with E-state index in [0.717, 1.165) is 19.3 Å². The van der Waals surface area contributed by atoms with Crippen molar-refractivity contribution in [3.63, 3.8) is 0 Å². The van der Waals surface area contributed by atoms with Gasteiger partial charge in [-0.1, -0.05) is 39.0 Å². The Morgan fingerprint density at radius 2 is 1.62 bits per heavy atom. The number of aromatic carboxylic acids is 1. The predicted molar refractivity (Wildman–Crippen MR) is 150 cm³/mol. The zero-order valence-electron chi connectivity index (χ0n) is 23.0. The van der Waals surface area contributed by atoms with Gasteiger partial charge in [0.2, 0.25) is 11.7 Å². The number of aromatic hydroxyl groups is 1. The van der Waals surface area contributed by atoms with Crippen molar-refractivity contribution in [2.75, 3.05) is 44.7 Å². The molecule has 0 bridgehead atoms. The molecule has 0 saturated heterocycles. The van der Waals surface area contributed by atoms with Gasteiger partial charge in [-0.15, -0.1) is 0 Å². The number of nitrogens with one attached hydrogen (secondary N) is 1. The van der Waals surface area contributed by atoms with E-state index in [-0.39, 0.29) is 46.7 Å². The van der Waals surface area contributed by atoms with Gasteiger partial charge < -0.3 is 34.6 Å². The van der Waals surface area contributed by atoms with Crippen LogP contribution in [-0.4, -0.2) is 62.5 Å². The molecule has 0 radical (unpaired) electrons. The van der Waals surface area contributed by atoms with Crippen molar-refractivity contribution in [3.8, 4) is 17.2 Å². The minimum atomic E-state index is -1.24. The fourth-order valence-corrected chi connectivity index (χ4v) is 3.82. The number of carbonyl (C=O) groups is 3. The second kappa shape index (κ2) is 16.0. The van der Waals surface area contributed by atoms with Gasteiger partial charge >= 0.3 is 5.97 Å². The Morgan fingerprint density at radius 1 is 0.974 bits per heavy atom.